The van der Waals surface area contributed by atoms with Crippen molar-refractivity contribution in [3.63, 3.8) is 0 Å². The van der Waals surface area contributed by atoms with Gasteiger partial charge in [0, 0.05) is 17.6 Å². The third-order valence-corrected chi connectivity index (χ3v) is 3.18. The third kappa shape index (κ3) is 4.06. The molecule has 0 heterocycles. The number of hydrogen-bond donors (Lipinski definition) is 2. The molecule has 19 heavy (non-hydrogen) atoms. The minimum atomic E-state index is 0.158. The number of benzene rings is 2. The van der Waals surface area contributed by atoms with E-state index in [2.05, 4.69) is 15.9 Å². The second-order valence-corrected chi connectivity index (χ2v) is 5.13. The van der Waals surface area contributed by atoms with E-state index in [4.69, 9.17) is 15.6 Å². The maximum absolute atomic E-state index is 8.86. The van der Waals surface area contributed by atoms with E-state index in [9.17, 15) is 0 Å². The molecule has 0 saturated heterocycles. The highest BCUT2D eigenvalue weighted by Crippen LogP contribution is 2.26. The lowest BCUT2D eigenvalue weighted by molar-refractivity contribution is 0.299. The van der Waals surface area contributed by atoms with E-state index in [0.717, 1.165) is 27.1 Å². The second kappa shape index (κ2) is 6.70. The summed E-state index contributed by atoms with van der Waals surface area (Å²) >= 11 is 3.44. The Morgan fingerprint density at radius 1 is 1.00 bits per heavy atom. The number of halogens is 1. The fourth-order valence-electron chi connectivity index (χ4n) is 1.79. The fraction of sp³-hybridized carbons (Fsp3) is 0.200. The lowest BCUT2D eigenvalue weighted by Gasteiger charge is -2.08. The van der Waals surface area contributed by atoms with Gasteiger partial charge in [-0.2, -0.15) is 0 Å². The Kier molecular flexibility index (Phi) is 4.96. The molecule has 0 saturated carbocycles. The number of aliphatic hydroxyl groups is 1. The van der Waals surface area contributed by atoms with Gasteiger partial charge in [-0.25, -0.2) is 0 Å². The summed E-state index contributed by atoms with van der Waals surface area (Å²) in [5, 5.41) is 8.86. The molecule has 0 radical (unpaired) electrons. The van der Waals surface area contributed by atoms with Crippen molar-refractivity contribution in [2.75, 3.05) is 6.61 Å². The maximum atomic E-state index is 8.86. The van der Waals surface area contributed by atoms with Gasteiger partial charge in [0.1, 0.15) is 11.5 Å². The van der Waals surface area contributed by atoms with E-state index in [-0.39, 0.29) is 6.61 Å². The number of ether oxygens (including phenoxy) is 1. The van der Waals surface area contributed by atoms with Crippen molar-refractivity contribution in [3.05, 3.63) is 58.1 Å². The molecular weight excluding hydrogens is 306 g/mol. The number of rotatable bonds is 5. The summed E-state index contributed by atoms with van der Waals surface area (Å²) in [6.07, 6.45) is 0.661. The van der Waals surface area contributed by atoms with Crippen LogP contribution in [-0.4, -0.2) is 11.7 Å². The molecule has 0 atom stereocenters. The van der Waals surface area contributed by atoms with E-state index in [1.54, 1.807) is 0 Å². The molecule has 3 nitrogen and oxygen atoms in total. The van der Waals surface area contributed by atoms with Gasteiger partial charge in [-0.1, -0.05) is 28.1 Å². The molecule has 0 aliphatic rings. The predicted molar refractivity (Wildman–Crippen MR) is 79.3 cm³/mol. The Hall–Kier alpha value is -1.36. The standard InChI is InChI=1S/C15H16BrNO2/c16-13-7-12(10-17)8-15(9-13)19-14-3-1-11(2-4-14)5-6-18/h1-4,7-9,18H,5-6,10,17H2. The van der Waals surface area contributed by atoms with Crippen molar-refractivity contribution in [2.45, 2.75) is 13.0 Å². The van der Waals surface area contributed by atoms with Gasteiger partial charge in [-0.15, -0.1) is 0 Å². The van der Waals surface area contributed by atoms with Crippen molar-refractivity contribution in [3.8, 4) is 11.5 Å². The van der Waals surface area contributed by atoms with Crippen LogP contribution < -0.4 is 10.5 Å². The first kappa shape index (κ1) is 14.1. The van der Waals surface area contributed by atoms with Crippen LogP contribution in [0.25, 0.3) is 0 Å². The average molecular weight is 322 g/mol. The Morgan fingerprint density at radius 2 is 1.74 bits per heavy atom. The lowest BCUT2D eigenvalue weighted by atomic mass is 10.1. The Labute approximate surface area is 121 Å². The van der Waals surface area contributed by atoms with Crippen LogP contribution in [0.1, 0.15) is 11.1 Å². The van der Waals surface area contributed by atoms with E-state index >= 15 is 0 Å². The molecule has 2 aromatic rings. The zero-order valence-electron chi connectivity index (χ0n) is 10.5. The van der Waals surface area contributed by atoms with E-state index < -0.39 is 0 Å². The van der Waals surface area contributed by atoms with Crippen LogP contribution in [0.3, 0.4) is 0 Å². The first-order chi connectivity index (χ1) is 9.21. The minimum Gasteiger partial charge on any atom is -0.457 e. The predicted octanol–water partition coefficient (Wildman–Crippen LogP) is 3.23. The largest absolute Gasteiger partial charge is 0.457 e. The third-order valence-electron chi connectivity index (χ3n) is 2.73. The van der Waals surface area contributed by atoms with E-state index in [1.165, 1.54) is 0 Å². The molecule has 0 aliphatic heterocycles. The Balaban J connectivity index is 2.14. The van der Waals surface area contributed by atoms with Crippen molar-refractivity contribution < 1.29 is 9.84 Å². The van der Waals surface area contributed by atoms with Gasteiger partial charge < -0.3 is 15.6 Å². The summed E-state index contributed by atoms with van der Waals surface area (Å²) in [5.74, 6) is 1.52. The van der Waals surface area contributed by atoms with Crippen molar-refractivity contribution in [1.82, 2.24) is 0 Å². The Bertz CT molecular complexity index is 540. The molecule has 0 bridgehead atoms. The number of hydrogen-bond acceptors (Lipinski definition) is 3. The van der Waals surface area contributed by atoms with Crippen LogP contribution in [0.2, 0.25) is 0 Å². The Morgan fingerprint density at radius 3 is 2.37 bits per heavy atom. The molecule has 3 N–H and O–H groups in total. The van der Waals surface area contributed by atoms with Gasteiger partial charge in [0.25, 0.3) is 0 Å². The molecule has 100 valence electrons. The van der Waals surface area contributed by atoms with Gasteiger partial charge in [0.15, 0.2) is 0 Å². The second-order valence-electron chi connectivity index (χ2n) is 4.22. The van der Waals surface area contributed by atoms with Crippen LogP contribution in [0.5, 0.6) is 11.5 Å². The highest BCUT2D eigenvalue weighted by Gasteiger charge is 2.02. The highest BCUT2D eigenvalue weighted by atomic mass is 79.9. The van der Waals surface area contributed by atoms with Gasteiger partial charge in [0.05, 0.1) is 0 Å². The van der Waals surface area contributed by atoms with Crippen LogP contribution in [-0.2, 0) is 13.0 Å². The van der Waals surface area contributed by atoms with Gasteiger partial charge in [-0.3, -0.25) is 0 Å². The van der Waals surface area contributed by atoms with Gasteiger partial charge in [-0.05, 0) is 47.9 Å². The molecular formula is C15H16BrNO2. The minimum absolute atomic E-state index is 0.158. The molecule has 0 aromatic heterocycles. The first-order valence-electron chi connectivity index (χ1n) is 6.08. The average Bonchev–Trinajstić information content (AvgIpc) is 2.40. The van der Waals surface area contributed by atoms with E-state index in [1.807, 2.05) is 42.5 Å². The van der Waals surface area contributed by atoms with Crippen LogP contribution >= 0.6 is 15.9 Å². The molecule has 4 heteroatoms. The normalized spacial score (nSPS) is 10.5. The van der Waals surface area contributed by atoms with Crippen LogP contribution in [0.15, 0.2) is 46.9 Å². The molecule has 0 amide bonds. The zero-order valence-corrected chi connectivity index (χ0v) is 12.1. The van der Waals surface area contributed by atoms with Gasteiger partial charge in [0.2, 0.25) is 0 Å². The van der Waals surface area contributed by atoms with E-state index in [0.29, 0.717) is 13.0 Å². The quantitative estimate of drug-likeness (QED) is 0.888. The summed E-state index contributed by atoms with van der Waals surface area (Å²) in [4.78, 5) is 0. The summed E-state index contributed by atoms with van der Waals surface area (Å²) < 4.78 is 6.73. The van der Waals surface area contributed by atoms with Crippen molar-refractivity contribution in [1.29, 1.82) is 0 Å². The summed E-state index contributed by atoms with van der Waals surface area (Å²) in [5.41, 5.74) is 7.74. The topological polar surface area (TPSA) is 55.5 Å². The molecule has 2 aromatic carbocycles. The molecule has 0 unspecified atom stereocenters. The number of aliphatic hydroxyl groups excluding tert-OH is 1. The molecule has 0 aliphatic carbocycles. The fourth-order valence-corrected chi connectivity index (χ4v) is 2.31. The summed E-state index contributed by atoms with van der Waals surface area (Å²) in [7, 11) is 0. The van der Waals surface area contributed by atoms with Gasteiger partial charge >= 0.3 is 0 Å². The van der Waals surface area contributed by atoms with Crippen LogP contribution in [0.4, 0.5) is 0 Å². The van der Waals surface area contributed by atoms with Crippen molar-refractivity contribution >= 4 is 15.9 Å². The van der Waals surface area contributed by atoms with Crippen LogP contribution in [0, 0.1) is 0 Å². The highest BCUT2D eigenvalue weighted by molar-refractivity contribution is 9.10. The maximum Gasteiger partial charge on any atom is 0.128 e. The van der Waals surface area contributed by atoms with Crippen molar-refractivity contribution in [2.24, 2.45) is 5.73 Å². The summed E-state index contributed by atoms with van der Waals surface area (Å²) in [6.45, 7) is 0.636. The smallest absolute Gasteiger partial charge is 0.128 e. The molecule has 0 fully saturated rings. The zero-order chi connectivity index (χ0) is 13.7. The monoisotopic (exact) mass is 321 g/mol. The molecule has 2 rings (SSSR count). The SMILES string of the molecule is NCc1cc(Br)cc(Oc2ccc(CCO)cc2)c1. The lowest BCUT2D eigenvalue weighted by Crippen LogP contribution is -1.96. The number of nitrogens with two attached hydrogens (primary N) is 1. The first-order valence-corrected chi connectivity index (χ1v) is 6.88. The summed E-state index contributed by atoms with van der Waals surface area (Å²) in [6, 6.07) is 13.5. The molecule has 0 spiro atoms.